The molecule has 0 aliphatic rings. The van der Waals surface area contributed by atoms with Gasteiger partial charge in [0.05, 0.1) is 13.0 Å². The second-order valence-corrected chi connectivity index (χ2v) is 6.09. The van der Waals surface area contributed by atoms with Crippen molar-refractivity contribution in [3.63, 3.8) is 0 Å². The molecule has 120 valence electrons. The average Bonchev–Trinajstić information content (AvgIpc) is 2.36. The average molecular weight is 315 g/mol. The van der Waals surface area contributed by atoms with Gasteiger partial charge in [-0.1, -0.05) is 26.0 Å². The van der Waals surface area contributed by atoms with Crippen molar-refractivity contribution < 1.29 is 9.53 Å². The molecule has 0 aliphatic heterocycles. The molecular weight excluding hydrogens is 288 g/mol. The van der Waals surface area contributed by atoms with E-state index < -0.39 is 0 Å². The monoisotopic (exact) mass is 314 g/mol. The fraction of sp³-hybridized carbons (Fsp3) is 0.562. The summed E-state index contributed by atoms with van der Waals surface area (Å²) in [5.41, 5.74) is 6.69. The molecule has 0 saturated carbocycles. The molecule has 0 heterocycles. The van der Waals surface area contributed by atoms with Gasteiger partial charge in [0.1, 0.15) is 5.75 Å². The maximum atomic E-state index is 11.6. The Morgan fingerprint density at radius 1 is 1.29 bits per heavy atom. The summed E-state index contributed by atoms with van der Waals surface area (Å²) in [5, 5.41) is 2.79. The summed E-state index contributed by atoms with van der Waals surface area (Å²) in [7, 11) is 0. The van der Waals surface area contributed by atoms with Gasteiger partial charge in [-0.3, -0.25) is 4.79 Å². The van der Waals surface area contributed by atoms with E-state index in [0.717, 1.165) is 5.75 Å². The van der Waals surface area contributed by atoms with Gasteiger partial charge in [-0.05, 0) is 37.5 Å². The molecule has 4 nitrogen and oxygen atoms in total. The maximum Gasteiger partial charge on any atom is 0.223 e. The highest BCUT2D eigenvalue weighted by Gasteiger charge is 2.12. The van der Waals surface area contributed by atoms with Crippen molar-refractivity contribution in [1.82, 2.24) is 5.32 Å². The first-order chi connectivity index (χ1) is 9.28. The lowest BCUT2D eigenvalue weighted by Gasteiger charge is -2.18. The SMILES string of the molecule is CC(C)c1ccc(OCCC(=O)NCC(C)(C)N)cc1.Cl. The molecular formula is C16H27ClN2O2. The number of nitrogens with one attached hydrogen (secondary N) is 1. The van der Waals surface area contributed by atoms with E-state index >= 15 is 0 Å². The molecule has 0 atom stereocenters. The van der Waals surface area contributed by atoms with E-state index in [1.807, 2.05) is 26.0 Å². The Labute approximate surface area is 133 Å². The van der Waals surface area contributed by atoms with Crippen molar-refractivity contribution in [1.29, 1.82) is 0 Å². The fourth-order valence-electron chi connectivity index (χ4n) is 1.63. The fourth-order valence-corrected chi connectivity index (χ4v) is 1.63. The van der Waals surface area contributed by atoms with E-state index in [1.165, 1.54) is 5.56 Å². The highest BCUT2D eigenvalue weighted by Crippen LogP contribution is 2.18. The Bertz CT molecular complexity index is 425. The predicted molar refractivity (Wildman–Crippen MR) is 89.2 cm³/mol. The number of carbonyl (C=O) groups is 1. The molecule has 5 heteroatoms. The van der Waals surface area contributed by atoms with Crippen molar-refractivity contribution >= 4 is 18.3 Å². The lowest BCUT2D eigenvalue weighted by atomic mass is 10.0. The summed E-state index contributed by atoms with van der Waals surface area (Å²) in [6, 6.07) is 7.99. The molecule has 0 fully saturated rings. The zero-order chi connectivity index (χ0) is 15.2. The number of halogens is 1. The van der Waals surface area contributed by atoms with Gasteiger partial charge in [-0.2, -0.15) is 0 Å². The van der Waals surface area contributed by atoms with E-state index in [9.17, 15) is 4.79 Å². The largest absolute Gasteiger partial charge is 0.493 e. The summed E-state index contributed by atoms with van der Waals surface area (Å²) in [5.74, 6) is 1.26. The Hall–Kier alpha value is -1.26. The number of ether oxygens (including phenoxy) is 1. The third kappa shape index (κ3) is 8.58. The van der Waals surface area contributed by atoms with Crippen LogP contribution in [-0.4, -0.2) is 24.6 Å². The van der Waals surface area contributed by atoms with Gasteiger partial charge < -0.3 is 15.8 Å². The number of carbonyl (C=O) groups excluding carboxylic acids is 1. The number of benzene rings is 1. The second-order valence-electron chi connectivity index (χ2n) is 6.09. The van der Waals surface area contributed by atoms with Gasteiger partial charge in [0.15, 0.2) is 0 Å². The topological polar surface area (TPSA) is 64.3 Å². The Kier molecular flexibility index (Phi) is 8.37. The van der Waals surface area contributed by atoms with Crippen LogP contribution in [0.1, 0.15) is 45.6 Å². The van der Waals surface area contributed by atoms with Crippen LogP contribution in [0.25, 0.3) is 0 Å². The van der Waals surface area contributed by atoms with Crippen molar-refractivity contribution in [3.8, 4) is 5.75 Å². The maximum absolute atomic E-state index is 11.6. The minimum absolute atomic E-state index is 0. The van der Waals surface area contributed by atoms with Gasteiger partial charge in [0.2, 0.25) is 5.91 Å². The van der Waals surface area contributed by atoms with Crippen molar-refractivity contribution in [3.05, 3.63) is 29.8 Å². The third-order valence-electron chi connectivity index (χ3n) is 2.89. The standard InChI is InChI=1S/C16H26N2O2.ClH/c1-12(2)13-5-7-14(8-6-13)20-10-9-15(19)18-11-16(3,4)17;/h5-8,12H,9-11,17H2,1-4H3,(H,18,19);1H. The molecule has 0 saturated heterocycles. The van der Waals surface area contributed by atoms with Gasteiger partial charge in [-0.25, -0.2) is 0 Å². The minimum Gasteiger partial charge on any atom is -0.493 e. The molecule has 0 unspecified atom stereocenters. The van der Waals surface area contributed by atoms with Gasteiger partial charge in [0, 0.05) is 12.1 Å². The molecule has 0 aromatic heterocycles. The first-order valence-electron chi connectivity index (χ1n) is 7.06. The first kappa shape index (κ1) is 19.7. The highest BCUT2D eigenvalue weighted by atomic mass is 35.5. The van der Waals surface area contributed by atoms with Crippen LogP contribution in [0.2, 0.25) is 0 Å². The van der Waals surface area contributed by atoms with E-state index in [0.29, 0.717) is 25.5 Å². The molecule has 0 spiro atoms. The quantitative estimate of drug-likeness (QED) is 0.813. The number of hydrogen-bond donors (Lipinski definition) is 2. The van der Waals surface area contributed by atoms with E-state index in [-0.39, 0.29) is 23.9 Å². The number of amides is 1. The molecule has 0 radical (unpaired) electrons. The van der Waals surface area contributed by atoms with Crippen LogP contribution in [0.15, 0.2) is 24.3 Å². The van der Waals surface area contributed by atoms with Crippen LogP contribution in [-0.2, 0) is 4.79 Å². The molecule has 0 bridgehead atoms. The minimum atomic E-state index is -0.386. The van der Waals surface area contributed by atoms with Crippen LogP contribution >= 0.6 is 12.4 Å². The van der Waals surface area contributed by atoms with Crippen LogP contribution in [0.3, 0.4) is 0 Å². The van der Waals surface area contributed by atoms with Crippen molar-refractivity contribution in [2.45, 2.75) is 45.6 Å². The Morgan fingerprint density at radius 2 is 1.86 bits per heavy atom. The van der Waals surface area contributed by atoms with Gasteiger partial charge in [0.25, 0.3) is 0 Å². The summed E-state index contributed by atoms with van der Waals surface area (Å²) < 4.78 is 5.55. The van der Waals surface area contributed by atoms with Gasteiger partial charge in [-0.15, -0.1) is 12.4 Å². The van der Waals surface area contributed by atoms with Gasteiger partial charge >= 0.3 is 0 Å². The Morgan fingerprint density at radius 3 is 2.33 bits per heavy atom. The van der Waals surface area contributed by atoms with Crippen LogP contribution in [0.4, 0.5) is 0 Å². The molecule has 0 aliphatic carbocycles. The zero-order valence-electron chi connectivity index (χ0n) is 13.3. The highest BCUT2D eigenvalue weighted by molar-refractivity contribution is 5.85. The number of hydrogen-bond acceptors (Lipinski definition) is 3. The molecule has 3 N–H and O–H groups in total. The summed E-state index contributed by atoms with van der Waals surface area (Å²) in [6.45, 7) is 8.89. The molecule has 1 aromatic rings. The normalized spacial score (nSPS) is 11.0. The molecule has 21 heavy (non-hydrogen) atoms. The van der Waals surface area contributed by atoms with E-state index in [4.69, 9.17) is 10.5 Å². The lowest BCUT2D eigenvalue weighted by molar-refractivity contribution is -0.121. The lowest BCUT2D eigenvalue weighted by Crippen LogP contribution is -2.45. The second kappa shape index (κ2) is 8.90. The van der Waals surface area contributed by atoms with Crippen LogP contribution in [0.5, 0.6) is 5.75 Å². The molecule has 1 amide bonds. The van der Waals surface area contributed by atoms with Crippen molar-refractivity contribution in [2.24, 2.45) is 5.73 Å². The molecule has 1 rings (SSSR count). The smallest absolute Gasteiger partial charge is 0.223 e. The van der Waals surface area contributed by atoms with Crippen molar-refractivity contribution in [2.75, 3.05) is 13.2 Å². The summed E-state index contributed by atoms with van der Waals surface area (Å²) in [4.78, 5) is 11.6. The summed E-state index contributed by atoms with van der Waals surface area (Å²) in [6.07, 6.45) is 0.335. The third-order valence-corrected chi connectivity index (χ3v) is 2.89. The predicted octanol–water partition coefficient (Wildman–Crippen LogP) is 2.85. The molecule has 1 aromatic carbocycles. The van der Waals surface area contributed by atoms with Crippen LogP contribution in [0, 0.1) is 0 Å². The first-order valence-corrected chi connectivity index (χ1v) is 7.06. The number of nitrogens with two attached hydrogens (primary N) is 1. The Balaban J connectivity index is 0.00000400. The number of rotatable bonds is 7. The van der Waals surface area contributed by atoms with E-state index in [2.05, 4.69) is 31.3 Å². The zero-order valence-corrected chi connectivity index (χ0v) is 14.1. The summed E-state index contributed by atoms with van der Waals surface area (Å²) >= 11 is 0. The van der Waals surface area contributed by atoms with Crippen LogP contribution < -0.4 is 15.8 Å². The van der Waals surface area contributed by atoms with E-state index in [1.54, 1.807) is 0 Å².